The Morgan fingerprint density at radius 1 is 1.27 bits per heavy atom. The van der Waals surface area contributed by atoms with Crippen LogP contribution in [-0.2, 0) is 17.8 Å². The number of nitrogens with zero attached hydrogens (tertiary/aromatic N) is 3. The third-order valence-electron chi connectivity index (χ3n) is 6.28. The van der Waals surface area contributed by atoms with E-state index in [1.54, 1.807) is 12.1 Å². The van der Waals surface area contributed by atoms with Crippen LogP contribution in [0.5, 0.6) is 0 Å². The molecule has 1 aromatic heterocycles. The Morgan fingerprint density at radius 2 is 2.08 bits per heavy atom. The molecule has 1 aliphatic carbocycles. The fourth-order valence-electron chi connectivity index (χ4n) is 4.91. The lowest BCUT2D eigenvalue weighted by Gasteiger charge is -2.37. The van der Waals surface area contributed by atoms with E-state index in [4.69, 9.17) is 9.72 Å². The smallest absolute Gasteiger partial charge is 0.335 e. The number of aromatic nitrogens is 2. The summed E-state index contributed by atoms with van der Waals surface area (Å²) in [4.78, 5) is 18.8. The van der Waals surface area contributed by atoms with Gasteiger partial charge in [-0.2, -0.15) is 0 Å². The minimum absolute atomic E-state index is 0.0613. The Bertz CT molecular complexity index is 842. The number of fused-ring (bicyclic) bond motifs is 2. The molecule has 3 aliphatic heterocycles. The molecule has 3 saturated heterocycles. The number of imidazole rings is 1. The van der Waals surface area contributed by atoms with Crippen LogP contribution in [0.25, 0.3) is 11.0 Å². The van der Waals surface area contributed by atoms with Crippen LogP contribution in [0.15, 0.2) is 18.2 Å². The molecule has 4 heterocycles. The number of aromatic carboxylic acids is 1. The number of benzene rings is 1. The van der Waals surface area contributed by atoms with Gasteiger partial charge in [-0.1, -0.05) is 6.42 Å². The van der Waals surface area contributed by atoms with Crippen molar-refractivity contribution in [3.8, 4) is 0 Å². The maximum Gasteiger partial charge on any atom is 0.335 e. The molecule has 2 bridgehead atoms. The molecule has 0 amide bonds. The van der Waals surface area contributed by atoms with Crippen LogP contribution in [0.2, 0.25) is 0 Å². The van der Waals surface area contributed by atoms with Gasteiger partial charge in [0.05, 0.1) is 41.9 Å². The molecular weight excluding hydrogens is 330 g/mol. The number of carboxylic acid groups (broad SMARTS) is 1. The topological polar surface area (TPSA) is 67.6 Å². The molecule has 6 nitrogen and oxygen atoms in total. The molecule has 1 N–H and O–H groups in total. The van der Waals surface area contributed by atoms with Gasteiger partial charge in [-0.25, -0.2) is 9.78 Å². The van der Waals surface area contributed by atoms with Crippen molar-refractivity contribution in [1.82, 2.24) is 14.5 Å². The van der Waals surface area contributed by atoms with E-state index in [1.165, 1.54) is 19.3 Å². The first-order valence-electron chi connectivity index (χ1n) is 9.71. The zero-order chi connectivity index (χ0) is 17.7. The fraction of sp³-hybridized carbons (Fsp3) is 0.600. The van der Waals surface area contributed by atoms with Crippen molar-refractivity contribution in [2.45, 2.75) is 50.8 Å². The van der Waals surface area contributed by atoms with E-state index < -0.39 is 5.97 Å². The van der Waals surface area contributed by atoms with Crippen molar-refractivity contribution in [1.29, 1.82) is 0 Å². The number of hydrogen-bond acceptors (Lipinski definition) is 4. The van der Waals surface area contributed by atoms with Crippen molar-refractivity contribution in [3.05, 3.63) is 29.6 Å². The summed E-state index contributed by atoms with van der Waals surface area (Å²) < 4.78 is 8.31. The molecule has 4 aliphatic rings. The summed E-state index contributed by atoms with van der Waals surface area (Å²) >= 11 is 0. The van der Waals surface area contributed by atoms with Gasteiger partial charge in [0, 0.05) is 0 Å². The Labute approximate surface area is 152 Å². The standard InChI is InChI=1S/C20H25N3O3/c24-19(25)15-4-5-16-17(8-15)23(13-20-9-14(10-20)12-26-20)18(21-16)11-22-6-2-1-3-7-22/h4-5,8,14H,1-3,6-7,9-13H2,(H,24,25). The number of carboxylic acids is 1. The van der Waals surface area contributed by atoms with Crippen LogP contribution in [0, 0.1) is 5.92 Å². The molecular formula is C20H25N3O3. The second kappa shape index (κ2) is 6.06. The van der Waals surface area contributed by atoms with Crippen LogP contribution in [-0.4, -0.2) is 50.8 Å². The lowest BCUT2D eigenvalue weighted by Crippen LogP contribution is -2.41. The highest BCUT2D eigenvalue weighted by Crippen LogP contribution is 2.49. The summed E-state index contributed by atoms with van der Waals surface area (Å²) in [5.41, 5.74) is 2.06. The number of piperidine rings is 1. The lowest BCUT2D eigenvalue weighted by atomic mass is 9.74. The predicted molar refractivity (Wildman–Crippen MR) is 97.2 cm³/mol. The summed E-state index contributed by atoms with van der Waals surface area (Å²) in [6, 6.07) is 5.26. The number of ether oxygens (including phenoxy) is 1. The summed E-state index contributed by atoms with van der Waals surface area (Å²) in [6.45, 7) is 4.72. The molecule has 4 fully saturated rings. The van der Waals surface area contributed by atoms with E-state index in [9.17, 15) is 9.90 Å². The van der Waals surface area contributed by atoms with Gasteiger partial charge in [0.1, 0.15) is 5.82 Å². The molecule has 2 aromatic rings. The van der Waals surface area contributed by atoms with Crippen molar-refractivity contribution in [2.75, 3.05) is 19.7 Å². The average molecular weight is 355 g/mol. The average Bonchev–Trinajstić information content (AvgIpc) is 3.29. The molecule has 0 spiro atoms. The van der Waals surface area contributed by atoms with E-state index in [1.807, 2.05) is 6.07 Å². The monoisotopic (exact) mass is 355 g/mol. The zero-order valence-electron chi connectivity index (χ0n) is 15.0. The van der Waals surface area contributed by atoms with Gasteiger partial charge in [0.2, 0.25) is 0 Å². The molecule has 6 rings (SSSR count). The van der Waals surface area contributed by atoms with Crippen LogP contribution >= 0.6 is 0 Å². The van der Waals surface area contributed by atoms with Gasteiger partial charge in [0.15, 0.2) is 0 Å². The zero-order valence-corrected chi connectivity index (χ0v) is 15.0. The SMILES string of the molecule is O=C(O)c1ccc2nc(CN3CCCCC3)n(CC34CC(CO3)C4)c2c1. The van der Waals surface area contributed by atoms with E-state index in [-0.39, 0.29) is 5.60 Å². The molecule has 0 radical (unpaired) electrons. The highest BCUT2D eigenvalue weighted by atomic mass is 16.5. The first-order valence-corrected chi connectivity index (χ1v) is 9.71. The second-order valence-corrected chi connectivity index (χ2v) is 8.23. The molecule has 138 valence electrons. The Hall–Kier alpha value is -1.92. The van der Waals surface area contributed by atoms with Crippen molar-refractivity contribution in [3.63, 3.8) is 0 Å². The minimum Gasteiger partial charge on any atom is -0.478 e. The third kappa shape index (κ3) is 2.72. The normalized spacial score (nSPS) is 28.4. The quantitative estimate of drug-likeness (QED) is 0.893. The summed E-state index contributed by atoms with van der Waals surface area (Å²) in [7, 11) is 0. The molecule has 0 atom stereocenters. The first-order chi connectivity index (χ1) is 12.6. The van der Waals surface area contributed by atoms with Gasteiger partial charge in [-0.15, -0.1) is 0 Å². The van der Waals surface area contributed by atoms with Crippen molar-refractivity contribution < 1.29 is 14.6 Å². The van der Waals surface area contributed by atoms with E-state index >= 15 is 0 Å². The van der Waals surface area contributed by atoms with Gasteiger partial charge in [-0.3, -0.25) is 4.90 Å². The molecule has 26 heavy (non-hydrogen) atoms. The number of carbonyl (C=O) groups is 1. The van der Waals surface area contributed by atoms with Gasteiger partial charge < -0.3 is 14.4 Å². The summed E-state index contributed by atoms with van der Waals surface area (Å²) in [5.74, 6) is 0.860. The number of hydrogen-bond donors (Lipinski definition) is 1. The number of likely N-dealkylation sites (tertiary alicyclic amines) is 1. The van der Waals surface area contributed by atoms with Crippen molar-refractivity contribution in [2.24, 2.45) is 5.92 Å². The van der Waals surface area contributed by atoms with E-state index in [0.717, 1.165) is 62.5 Å². The molecule has 6 heteroatoms. The highest BCUT2D eigenvalue weighted by molar-refractivity contribution is 5.92. The van der Waals surface area contributed by atoms with Gasteiger partial charge in [0.25, 0.3) is 0 Å². The van der Waals surface area contributed by atoms with Crippen molar-refractivity contribution >= 4 is 17.0 Å². The van der Waals surface area contributed by atoms with E-state index in [2.05, 4.69) is 9.47 Å². The maximum atomic E-state index is 11.4. The predicted octanol–water partition coefficient (Wildman–Crippen LogP) is 2.90. The van der Waals surface area contributed by atoms with Crippen LogP contribution in [0.1, 0.15) is 48.3 Å². The molecule has 1 saturated carbocycles. The Kier molecular flexibility index (Phi) is 3.79. The van der Waals surface area contributed by atoms with E-state index in [0.29, 0.717) is 11.5 Å². The van der Waals surface area contributed by atoms with Gasteiger partial charge >= 0.3 is 5.97 Å². The summed E-state index contributed by atoms with van der Waals surface area (Å²) in [6.07, 6.45) is 6.05. The largest absolute Gasteiger partial charge is 0.478 e. The molecule has 1 aromatic carbocycles. The Morgan fingerprint density at radius 3 is 2.77 bits per heavy atom. The molecule has 0 unspecified atom stereocenters. The second-order valence-electron chi connectivity index (χ2n) is 8.23. The fourth-order valence-corrected chi connectivity index (χ4v) is 4.91. The maximum absolute atomic E-state index is 11.4. The van der Waals surface area contributed by atoms with Gasteiger partial charge in [-0.05, 0) is 62.9 Å². The first kappa shape index (κ1) is 16.3. The van der Waals surface area contributed by atoms with Crippen LogP contribution < -0.4 is 0 Å². The summed E-state index contributed by atoms with van der Waals surface area (Å²) in [5, 5.41) is 9.38. The van der Waals surface area contributed by atoms with Crippen LogP contribution in [0.3, 0.4) is 0 Å². The lowest BCUT2D eigenvalue weighted by molar-refractivity contribution is -0.0137. The Balaban J connectivity index is 1.53. The minimum atomic E-state index is -0.892. The third-order valence-corrected chi connectivity index (χ3v) is 6.28. The van der Waals surface area contributed by atoms with Crippen LogP contribution in [0.4, 0.5) is 0 Å². The number of rotatable bonds is 5. The highest BCUT2D eigenvalue weighted by Gasteiger charge is 2.52.